The van der Waals surface area contributed by atoms with Crippen molar-refractivity contribution in [2.45, 2.75) is 13.0 Å². The van der Waals surface area contributed by atoms with Crippen molar-refractivity contribution in [3.05, 3.63) is 70.5 Å². The van der Waals surface area contributed by atoms with Crippen LogP contribution in [-0.4, -0.2) is 7.05 Å². The highest BCUT2D eigenvalue weighted by Crippen LogP contribution is 2.26. The average Bonchev–Trinajstić information content (AvgIpc) is 2.37. The zero-order chi connectivity index (χ0) is 14.0. The zero-order valence-electron chi connectivity index (χ0n) is 10.7. The molecule has 1 atom stereocenters. The van der Waals surface area contributed by atoms with Crippen LogP contribution in [0.3, 0.4) is 0 Å². The van der Waals surface area contributed by atoms with E-state index in [9.17, 15) is 13.2 Å². The molecule has 2 rings (SSSR count). The van der Waals surface area contributed by atoms with Crippen molar-refractivity contribution in [1.29, 1.82) is 0 Å². The first-order chi connectivity index (χ1) is 9.02. The molecule has 0 heterocycles. The lowest BCUT2D eigenvalue weighted by Gasteiger charge is -2.18. The van der Waals surface area contributed by atoms with Gasteiger partial charge in [-0.25, -0.2) is 13.2 Å². The highest BCUT2D eigenvalue weighted by atomic mass is 19.1. The first kappa shape index (κ1) is 13.6. The second kappa shape index (κ2) is 5.45. The van der Waals surface area contributed by atoms with E-state index >= 15 is 0 Å². The van der Waals surface area contributed by atoms with Crippen LogP contribution in [0.5, 0.6) is 0 Å². The normalized spacial score (nSPS) is 12.5. The lowest BCUT2D eigenvalue weighted by molar-refractivity contribution is 0.551. The molecule has 100 valence electrons. The van der Waals surface area contributed by atoms with E-state index in [1.54, 1.807) is 26.1 Å². The molecule has 4 heteroatoms. The van der Waals surface area contributed by atoms with E-state index in [4.69, 9.17) is 0 Å². The number of nitrogens with one attached hydrogen (secondary N) is 1. The highest BCUT2D eigenvalue weighted by Gasteiger charge is 2.17. The Balaban J connectivity index is 2.46. The molecule has 0 saturated heterocycles. The van der Waals surface area contributed by atoms with Gasteiger partial charge in [-0.2, -0.15) is 0 Å². The third-order valence-electron chi connectivity index (χ3n) is 3.08. The van der Waals surface area contributed by atoms with Crippen LogP contribution in [0.2, 0.25) is 0 Å². The molecule has 0 radical (unpaired) electrons. The quantitative estimate of drug-likeness (QED) is 0.891. The topological polar surface area (TPSA) is 12.0 Å². The van der Waals surface area contributed by atoms with Gasteiger partial charge in [0.1, 0.15) is 17.5 Å². The van der Waals surface area contributed by atoms with Gasteiger partial charge in [0, 0.05) is 11.6 Å². The third kappa shape index (κ3) is 2.79. The van der Waals surface area contributed by atoms with Crippen LogP contribution in [-0.2, 0) is 0 Å². The highest BCUT2D eigenvalue weighted by molar-refractivity contribution is 5.35. The predicted molar refractivity (Wildman–Crippen MR) is 68.4 cm³/mol. The minimum Gasteiger partial charge on any atom is -0.309 e. The second-order valence-electron chi connectivity index (χ2n) is 4.40. The van der Waals surface area contributed by atoms with E-state index in [1.807, 2.05) is 0 Å². The van der Waals surface area contributed by atoms with E-state index in [2.05, 4.69) is 5.32 Å². The molecule has 19 heavy (non-hydrogen) atoms. The number of hydrogen-bond donors (Lipinski definition) is 1. The molecule has 0 aliphatic heterocycles. The minimum absolute atomic E-state index is 0.307. The SMILES string of the molecule is CNC(c1ccc(F)c(C)c1)c1ccc(F)cc1F. The fourth-order valence-electron chi connectivity index (χ4n) is 2.08. The van der Waals surface area contributed by atoms with Crippen molar-refractivity contribution in [3.8, 4) is 0 Å². The van der Waals surface area contributed by atoms with Crippen LogP contribution in [0, 0.1) is 24.4 Å². The Morgan fingerprint density at radius 1 is 0.947 bits per heavy atom. The lowest BCUT2D eigenvalue weighted by atomic mass is 9.97. The van der Waals surface area contributed by atoms with Gasteiger partial charge >= 0.3 is 0 Å². The number of hydrogen-bond acceptors (Lipinski definition) is 1. The van der Waals surface area contributed by atoms with Crippen molar-refractivity contribution in [3.63, 3.8) is 0 Å². The largest absolute Gasteiger partial charge is 0.309 e. The van der Waals surface area contributed by atoms with Crippen molar-refractivity contribution in [2.75, 3.05) is 7.05 Å². The Morgan fingerprint density at radius 3 is 2.26 bits per heavy atom. The van der Waals surface area contributed by atoms with E-state index in [0.717, 1.165) is 11.6 Å². The van der Waals surface area contributed by atoms with Gasteiger partial charge in [-0.1, -0.05) is 18.2 Å². The summed E-state index contributed by atoms with van der Waals surface area (Å²) in [7, 11) is 1.67. The van der Waals surface area contributed by atoms with Crippen LogP contribution < -0.4 is 5.32 Å². The Labute approximate surface area is 110 Å². The summed E-state index contributed by atoms with van der Waals surface area (Å²) in [4.78, 5) is 0. The molecule has 0 spiro atoms. The van der Waals surface area contributed by atoms with Gasteiger partial charge in [0.15, 0.2) is 0 Å². The monoisotopic (exact) mass is 265 g/mol. The van der Waals surface area contributed by atoms with Crippen molar-refractivity contribution in [1.82, 2.24) is 5.32 Å². The van der Waals surface area contributed by atoms with Gasteiger partial charge in [-0.3, -0.25) is 0 Å². The molecule has 0 amide bonds. The fraction of sp³-hybridized carbons (Fsp3) is 0.200. The van der Waals surface area contributed by atoms with E-state index in [1.165, 1.54) is 18.2 Å². The second-order valence-corrected chi connectivity index (χ2v) is 4.40. The molecule has 0 saturated carbocycles. The van der Waals surface area contributed by atoms with Crippen LogP contribution in [0.4, 0.5) is 13.2 Å². The van der Waals surface area contributed by atoms with Crippen molar-refractivity contribution < 1.29 is 13.2 Å². The summed E-state index contributed by atoms with van der Waals surface area (Å²) in [5.41, 5.74) is 1.54. The van der Waals surface area contributed by atoms with Gasteiger partial charge < -0.3 is 5.32 Å². The smallest absolute Gasteiger partial charge is 0.131 e. The van der Waals surface area contributed by atoms with Gasteiger partial charge in [0.05, 0.1) is 6.04 Å². The van der Waals surface area contributed by atoms with Gasteiger partial charge in [-0.15, -0.1) is 0 Å². The molecule has 0 bridgehead atoms. The number of rotatable bonds is 3. The first-order valence-corrected chi connectivity index (χ1v) is 5.91. The maximum atomic E-state index is 13.8. The number of aryl methyl sites for hydroxylation is 1. The molecule has 0 aliphatic carbocycles. The van der Waals surface area contributed by atoms with Crippen LogP contribution in [0.1, 0.15) is 22.7 Å². The van der Waals surface area contributed by atoms with Crippen molar-refractivity contribution >= 4 is 0 Å². The maximum absolute atomic E-state index is 13.8. The van der Waals surface area contributed by atoms with E-state index in [-0.39, 0.29) is 5.82 Å². The Kier molecular flexibility index (Phi) is 3.90. The summed E-state index contributed by atoms with van der Waals surface area (Å²) >= 11 is 0. The van der Waals surface area contributed by atoms with E-state index < -0.39 is 17.7 Å². The summed E-state index contributed by atoms with van der Waals surface area (Å²) in [6.45, 7) is 1.65. The standard InChI is InChI=1S/C15H14F3N/c1-9-7-10(3-6-13(9)17)15(19-2)12-5-4-11(16)8-14(12)18/h3-8,15,19H,1-2H3. The molecule has 0 aromatic heterocycles. The van der Waals surface area contributed by atoms with Gasteiger partial charge in [-0.05, 0) is 37.2 Å². The fourth-order valence-corrected chi connectivity index (χ4v) is 2.08. The summed E-state index contributed by atoms with van der Waals surface area (Å²) < 4.78 is 40.0. The molecule has 2 aromatic carbocycles. The van der Waals surface area contributed by atoms with Crippen LogP contribution in [0.25, 0.3) is 0 Å². The third-order valence-corrected chi connectivity index (χ3v) is 3.08. The summed E-state index contributed by atoms with van der Waals surface area (Å²) in [5.74, 6) is -1.55. The number of halogens is 3. The molecule has 1 unspecified atom stereocenters. The molecule has 2 aromatic rings. The Morgan fingerprint density at radius 2 is 1.68 bits per heavy atom. The summed E-state index contributed by atoms with van der Waals surface area (Å²) in [6, 6.07) is 7.58. The lowest BCUT2D eigenvalue weighted by Crippen LogP contribution is -2.19. The van der Waals surface area contributed by atoms with Gasteiger partial charge in [0.25, 0.3) is 0 Å². The minimum atomic E-state index is -0.624. The summed E-state index contributed by atoms with van der Waals surface area (Å²) in [5, 5.41) is 2.96. The molecule has 1 N–H and O–H groups in total. The molecule has 0 fully saturated rings. The van der Waals surface area contributed by atoms with E-state index in [0.29, 0.717) is 11.1 Å². The summed E-state index contributed by atoms with van der Waals surface area (Å²) in [6.07, 6.45) is 0. The number of benzene rings is 2. The van der Waals surface area contributed by atoms with Crippen LogP contribution in [0.15, 0.2) is 36.4 Å². The molecular weight excluding hydrogens is 251 g/mol. The zero-order valence-corrected chi connectivity index (χ0v) is 10.7. The van der Waals surface area contributed by atoms with Crippen LogP contribution >= 0.6 is 0 Å². The average molecular weight is 265 g/mol. The first-order valence-electron chi connectivity index (χ1n) is 5.91. The Bertz CT molecular complexity index is 596. The maximum Gasteiger partial charge on any atom is 0.131 e. The predicted octanol–water partition coefficient (Wildman–Crippen LogP) is 3.72. The molecule has 0 aliphatic rings. The van der Waals surface area contributed by atoms with Crippen molar-refractivity contribution in [2.24, 2.45) is 0 Å². The van der Waals surface area contributed by atoms with Gasteiger partial charge in [0.2, 0.25) is 0 Å². The molecule has 1 nitrogen and oxygen atoms in total. The molecular formula is C15H14F3N. The Hall–Kier alpha value is -1.81.